The number of fused-ring (bicyclic) bond motifs is 1. The van der Waals surface area contributed by atoms with Crippen molar-refractivity contribution >= 4 is 34.0 Å². The highest BCUT2D eigenvalue weighted by Gasteiger charge is 2.05. The molecule has 0 radical (unpaired) electrons. The second-order valence-electron chi connectivity index (χ2n) is 5.16. The number of pyridine rings is 1. The average Bonchev–Trinajstić information content (AvgIpc) is 2.63. The van der Waals surface area contributed by atoms with Crippen molar-refractivity contribution in [3.63, 3.8) is 0 Å². The van der Waals surface area contributed by atoms with Gasteiger partial charge in [0.05, 0.1) is 17.4 Å². The number of para-hydroxylation sites is 2. The maximum Gasteiger partial charge on any atom is 0.249 e. The standard InChI is InChI=1S/C18H14N6/c1-2-8-14(9-3-1)21-16-12-20-24-18(23-16)22-15-10-4-6-13-7-5-11-19-17(13)15/h1-12H,(H2,21,22,23,24). The smallest absolute Gasteiger partial charge is 0.249 e. The van der Waals surface area contributed by atoms with Crippen LogP contribution in [0, 0.1) is 0 Å². The van der Waals surface area contributed by atoms with Crippen LogP contribution in [0.5, 0.6) is 0 Å². The maximum absolute atomic E-state index is 4.45. The molecule has 0 aliphatic heterocycles. The van der Waals surface area contributed by atoms with E-state index in [1.54, 1.807) is 12.4 Å². The van der Waals surface area contributed by atoms with E-state index in [9.17, 15) is 0 Å². The molecule has 116 valence electrons. The highest BCUT2D eigenvalue weighted by molar-refractivity contribution is 5.91. The first-order valence-electron chi connectivity index (χ1n) is 7.51. The quantitative estimate of drug-likeness (QED) is 0.595. The molecule has 0 amide bonds. The SMILES string of the molecule is c1ccc(Nc2cnnc(Nc3cccc4cccnc34)n2)cc1. The summed E-state index contributed by atoms with van der Waals surface area (Å²) in [4.78, 5) is 8.86. The summed E-state index contributed by atoms with van der Waals surface area (Å²) < 4.78 is 0. The third-order valence-corrected chi connectivity index (χ3v) is 3.48. The first kappa shape index (κ1) is 14.1. The maximum atomic E-state index is 4.45. The molecule has 24 heavy (non-hydrogen) atoms. The number of aromatic nitrogens is 4. The Balaban J connectivity index is 1.62. The van der Waals surface area contributed by atoms with Crippen LogP contribution in [0.4, 0.5) is 23.1 Å². The van der Waals surface area contributed by atoms with Gasteiger partial charge in [0.1, 0.15) is 0 Å². The van der Waals surface area contributed by atoms with Crippen molar-refractivity contribution in [3.05, 3.63) is 73.1 Å². The summed E-state index contributed by atoms with van der Waals surface area (Å²) in [5.74, 6) is 1.03. The van der Waals surface area contributed by atoms with E-state index >= 15 is 0 Å². The minimum absolute atomic E-state index is 0.411. The first-order valence-corrected chi connectivity index (χ1v) is 7.51. The predicted molar refractivity (Wildman–Crippen MR) is 94.6 cm³/mol. The zero-order chi connectivity index (χ0) is 16.2. The molecule has 0 aliphatic rings. The van der Waals surface area contributed by atoms with Crippen molar-refractivity contribution in [2.24, 2.45) is 0 Å². The van der Waals surface area contributed by atoms with Gasteiger partial charge in [-0.2, -0.15) is 10.1 Å². The van der Waals surface area contributed by atoms with E-state index < -0.39 is 0 Å². The summed E-state index contributed by atoms with van der Waals surface area (Å²) in [6.07, 6.45) is 3.35. The Kier molecular flexibility index (Phi) is 3.69. The predicted octanol–water partition coefficient (Wildman–Crippen LogP) is 3.91. The van der Waals surface area contributed by atoms with Crippen molar-refractivity contribution in [2.45, 2.75) is 0 Å². The van der Waals surface area contributed by atoms with Crippen LogP contribution in [0.2, 0.25) is 0 Å². The van der Waals surface area contributed by atoms with Crippen molar-refractivity contribution in [3.8, 4) is 0 Å². The molecule has 4 aromatic rings. The zero-order valence-corrected chi connectivity index (χ0v) is 12.7. The van der Waals surface area contributed by atoms with Crippen LogP contribution < -0.4 is 10.6 Å². The molecule has 0 unspecified atom stereocenters. The van der Waals surface area contributed by atoms with Crippen molar-refractivity contribution in [1.29, 1.82) is 0 Å². The molecule has 2 heterocycles. The average molecular weight is 314 g/mol. The fourth-order valence-corrected chi connectivity index (χ4v) is 2.41. The van der Waals surface area contributed by atoms with Crippen molar-refractivity contribution < 1.29 is 0 Å². The van der Waals surface area contributed by atoms with Crippen LogP contribution in [0.3, 0.4) is 0 Å². The summed E-state index contributed by atoms with van der Waals surface area (Å²) >= 11 is 0. The topological polar surface area (TPSA) is 75.6 Å². The van der Waals surface area contributed by atoms with Gasteiger partial charge in [-0.15, -0.1) is 5.10 Å². The molecule has 2 aromatic heterocycles. The van der Waals surface area contributed by atoms with E-state index in [1.807, 2.05) is 60.7 Å². The molecule has 4 rings (SSSR count). The van der Waals surface area contributed by atoms with E-state index in [4.69, 9.17) is 0 Å². The minimum Gasteiger partial charge on any atom is -0.339 e. The first-order chi connectivity index (χ1) is 11.9. The highest BCUT2D eigenvalue weighted by Crippen LogP contribution is 2.23. The van der Waals surface area contributed by atoms with Gasteiger partial charge in [0, 0.05) is 17.3 Å². The zero-order valence-electron chi connectivity index (χ0n) is 12.7. The van der Waals surface area contributed by atoms with Gasteiger partial charge in [0.15, 0.2) is 5.82 Å². The molecular weight excluding hydrogens is 300 g/mol. The lowest BCUT2D eigenvalue weighted by atomic mass is 10.2. The number of nitrogens with zero attached hydrogens (tertiary/aromatic N) is 4. The van der Waals surface area contributed by atoms with Crippen LogP contribution in [0.15, 0.2) is 73.1 Å². The normalized spacial score (nSPS) is 10.5. The van der Waals surface area contributed by atoms with Crippen molar-refractivity contribution in [2.75, 3.05) is 10.6 Å². The van der Waals surface area contributed by atoms with Gasteiger partial charge in [-0.25, -0.2) is 0 Å². The van der Waals surface area contributed by atoms with Gasteiger partial charge in [-0.1, -0.05) is 36.4 Å². The monoisotopic (exact) mass is 314 g/mol. The van der Waals surface area contributed by atoms with Crippen LogP contribution in [0.25, 0.3) is 10.9 Å². The Morgan fingerprint density at radius 2 is 1.67 bits per heavy atom. The van der Waals surface area contributed by atoms with Crippen molar-refractivity contribution in [1.82, 2.24) is 20.2 Å². The van der Waals surface area contributed by atoms with Crippen LogP contribution in [-0.4, -0.2) is 20.2 Å². The number of benzene rings is 2. The Morgan fingerprint density at radius 3 is 2.58 bits per heavy atom. The molecule has 2 N–H and O–H groups in total. The van der Waals surface area contributed by atoms with Crippen LogP contribution in [0.1, 0.15) is 0 Å². The number of rotatable bonds is 4. The fourth-order valence-electron chi connectivity index (χ4n) is 2.41. The molecule has 2 aromatic carbocycles. The summed E-state index contributed by atoms with van der Waals surface area (Å²) in [7, 11) is 0. The van der Waals surface area contributed by atoms with Crippen LogP contribution >= 0.6 is 0 Å². The Labute approximate surface area is 138 Å². The lowest BCUT2D eigenvalue weighted by Gasteiger charge is -2.09. The van der Waals surface area contributed by atoms with Gasteiger partial charge in [-0.05, 0) is 24.3 Å². The largest absolute Gasteiger partial charge is 0.339 e. The summed E-state index contributed by atoms with van der Waals surface area (Å²) in [5.41, 5.74) is 2.65. The molecule has 6 nitrogen and oxygen atoms in total. The summed E-state index contributed by atoms with van der Waals surface area (Å²) in [6.45, 7) is 0. The Bertz CT molecular complexity index is 966. The third-order valence-electron chi connectivity index (χ3n) is 3.48. The summed E-state index contributed by atoms with van der Waals surface area (Å²) in [5, 5.41) is 15.5. The Morgan fingerprint density at radius 1 is 0.792 bits per heavy atom. The van der Waals surface area contributed by atoms with Crippen LogP contribution in [-0.2, 0) is 0 Å². The van der Waals surface area contributed by atoms with Gasteiger partial charge >= 0.3 is 0 Å². The molecule has 0 saturated heterocycles. The second-order valence-corrected chi connectivity index (χ2v) is 5.16. The fraction of sp³-hybridized carbons (Fsp3) is 0. The molecule has 0 bridgehead atoms. The third kappa shape index (κ3) is 2.98. The van der Waals surface area contributed by atoms with Gasteiger partial charge < -0.3 is 10.6 Å². The van der Waals surface area contributed by atoms with E-state index in [-0.39, 0.29) is 0 Å². The van der Waals surface area contributed by atoms with Gasteiger partial charge in [-0.3, -0.25) is 4.98 Å². The minimum atomic E-state index is 0.411. The Hall–Kier alpha value is -3.54. The number of hydrogen-bond acceptors (Lipinski definition) is 6. The second kappa shape index (κ2) is 6.29. The lowest BCUT2D eigenvalue weighted by molar-refractivity contribution is 0.983. The van der Waals surface area contributed by atoms with E-state index in [1.165, 1.54) is 0 Å². The number of anilines is 4. The molecule has 0 atom stereocenters. The van der Waals surface area contributed by atoms with E-state index in [2.05, 4.69) is 30.8 Å². The van der Waals surface area contributed by atoms with E-state index in [0.717, 1.165) is 22.3 Å². The lowest BCUT2D eigenvalue weighted by Crippen LogP contribution is -2.03. The number of hydrogen-bond donors (Lipinski definition) is 2. The molecule has 6 heteroatoms. The molecule has 0 spiro atoms. The molecular formula is C18H14N6. The van der Waals surface area contributed by atoms with E-state index in [0.29, 0.717) is 11.8 Å². The number of nitrogens with one attached hydrogen (secondary N) is 2. The van der Waals surface area contributed by atoms with Gasteiger partial charge in [0.25, 0.3) is 0 Å². The molecule has 0 aliphatic carbocycles. The molecule has 0 fully saturated rings. The molecule has 0 saturated carbocycles. The van der Waals surface area contributed by atoms with Gasteiger partial charge in [0.2, 0.25) is 5.95 Å². The highest BCUT2D eigenvalue weighted by atomic mass is 15.3. The summed E-state index contributed by atoms with van der Waals surface area (Å²) in [6, 6.07) is 19.6.